The zero-order chi connectivity index (χ0) is 20.6. The molecule has 0 aromatic heterocycles. The van der Waals surface area contributed by atoms with Crippen LogP contribution in [-0.2, 0) is 17.6 Å². The summed E-state index contributed by atoms with van der Waals surface area (Å²) in [4.78, 5) is 11.9. The lowest BCUT2D eigenvalue weighted by molar-refractivity contribution is 0.0508. The summed E-state index contributed by atoms with van der Waals surface area (Å²) < 4.78 is 31.1. The summed E-state index contributed by atoms with van der Waals surface area (Å²) in [6.45, 7) is 9.30. The smallest absolute Gasteiger partial charge is 0.407 e. The first kappa shape index (κ1) is 23.1. The van der Waals surface area contributed by atoms with Gasteiger partial charge < -0.3 is 19.5 Å². The molecule has 1 aromatic rings. The molecule has 0 aliphatic rings. The molecule has 27 heavy (non-hydrogen) atoms. The van der Waals surface area contributed by atoms with Crippen LogP contribution in [0, 0.1) is 5.82 Å². The van der Waals surface area contributed by atoms with Crippen molar-refractivity contribution in [3.05, 3.63) is 23.0 Å². The van der Waals surface area contributed by atoms with E-state index >= 15 is 4.39 Å². The van der Waals surface area contributed by atoms with Crippen LogP contribution in [0.2, 0.25) is 0 Å². The number of halogens is 1. The van der Waals surface area contributed by atoms with Crippen LogP contribution in [0.1, 0.15) is 65.0 Å². The Labute approximate surface area is 162 Å². The summed E-state index contributed by atoms with van der Waals surface area (Å²) in [5.74, 6) is 0.296. The molecule has 1 amide bonds. The molecule has 0 heterocycles. The van der Waals surface area contributed by atoms with Crippen molar-refractivity contribution in [3.63, 3.8) is 0 Å². The summed E-state index contributed by atoms with van der Waals surface area (Å²) in [5, 5.41) is 2.73. The summed E-state index contributed by atoms with van der Waals surface area (Å²) in [5.41, 5.74) is 0.602. The number of ether oxygens (including phenoxy) is 3. The van der Waals surface area contributed by atoms with Crippen molar-refractivity contribution in [2.45, 2.75) is 78.4 Å². The maximum Gasteiger partial charge on any atom is 0.407 e. The van der Waals surface area contributed by atoms with E-state index in [0.717, 1.165) is 31.2 Å². The van der Waals surface area contributed by atoms with E-state index in [0.29, 0.717) is 11.3 Å². The first-order valence-electron chi connectivity index (χ1n) is 9.54. The average molecular weight is 384 g/mol. The maximum absolute atomic E-state index is 15.1. The molecule has 1 rings (SSSR count). The molecular formula is C21H34FNO4. The van der Waals surface area contributed by atoms with Crippen LogP contribution in [0.4, 0.5) is 9.18 Å². The van der Waals surface area contributed by atoms with Gasteiger partial charge in [-0.2, -0.15) is 0 Å². The fourth-order valence-electron chi connectivity index (χ4n) is 2.91. The van der Waals surface area contributed by atoms with Gasteiger partial charge in [0.05, 0.1) is 14.2 Å². The van der Waals surface area contributed by atoms with Gasteiger partial charge in [-0.1, -0.05) is 19.8 Å². The fraction of sp³-hybridized carbons (Fsp3) is 0.667. The van der Waals surface area contributed by atoms with Crippen molar-refractivity contribution >= 4 is 6.09 Å². The van der Waals surface area contributed by atoms with Crippen LogP contribution >= 0.6 is 0 Å². The fourth-order valence-corrected chi connectivity index (χ4v) is 2.91. The van der Waals surface area contributed by atoms with Gasteiger partial charge >= 0.3 is 6.09 Å². The third-order valence-electron chi connectivity index (χ3n) is 4.11. The van der Waals surface area contributed by atoms with Crippen LogP contribution in [-0.4, -0.2) is 32.0 Å². The van der Waals surface area contributed by atoms with Crippen molar-refractivity contribution in [2.75, 3.05) is 14.2 Å². The van der Waals surface area contributed by atoms with Gasteiger partial charge in [-0.25, -0.2) is 9.18 Å². The van der Waals surface area contributed by atoms with Gasteiger partial charge in [-0.05, 0) is 53.0 Å². The van der Waals surface area contributed by atoms with Gasteiger partial charge in [-0.15, -0.1) is 0 Å². The zero-order valence-corrected chi connectivity index (χ0v) is 17.7. The van der Waals surface area contributed by atoms with Crippen molar-refractivity contribution in [1.82, 2.24) is 5.32 Å². The zero-order valence-electron chi connectivity index (χ0n) is 17.7. The minimum atomic E-state index is -0.587. The molecule has 0 aliphatic carbocycles. The topological polar surface area (TPSA) is 56.8 Å². The minimum absolute atomic E-state index is 0.256. The van der Waals surface area contributed by atoms with E-state index in [1.54, 1.807) is 27.7 Å². The van der Waals surface area contributed by atoms with Crippen molar-refractivity contribution in [3.8, 4) is 11.5 Å². The van der Waals surface area contributed by atoms with Crippen molar-refractivity contribution in [1.29, 1.82) is 0 Å². The Morgan fingerprint density at radius 3 is 2.41 bits per heavy atom. The molecule has 1 N–H and O–H groups in total. The standard InChI is InChI=1S/C21H34FNO4/c1-8-9-10-11-15-13-17(25-6)16(18(22)19(15)26-7)12-14(2)23-20(24)27-21(3,4)5/h13-14H,8-12H2,1-7H3,(H,23,24). The van der Waals surface area contributed by atoms with E-state index in [-0.39, 0.29) is 18.2 Å². The molecule has 0 fully saturated rings. The van der Waals surface area contributed by atoms with Crippen LogP contribution in [0.15, 0.2) is 6.07 Å². The quantitative estimate of drug-likeness (QED) is 0.608. The molecule has 0 radical (unpaired) electrons. The number of unbranched alkanes of at least 4 members (excludes halogenated alkanes) is 2. The number of hydrogen-bond acceptors (Lipinski definition) is 4. The van der Waals surface area contributed by atoms with Crippen LogP contribution in [0.25, 0.3) is 0 Å². The number of aryl methyl sites for hydroxylation is 1. The second-order valence-corrected chi connectivity index (χ2v) is 7.77. The van der Waals surface area contributed by atoms with Gasteiger partial charge in [0.25, 0.3) is 0 Å². The van der Waals surface area contributed by atoms with Gasteiger partial charge in [0.2, 0.25) is 0 Å². The molecule has 1 atom stereocenters. The maximum atomic E-state index is 15.1. The highest BCUT2D eigenvalue weighted by atomic mass is 19.1. The lowest BCUT2D eigenvalue weighted by Crippen LogP contribution is -2.38. The summed E-state index contributed by atoms with van der Waals surface area (Å²) in [6.07, 6.45) is 3.60. The largest absolute Gasteiger partial charge is 0.496 e. The first-order valence-corrected chi connectivity index (χ1v) is 9.54. The molecule has 6 heteroatoms. The highest BCUT2D eigenvalue weighted by Gasteiger charge is 2.23. The van der Waals surface area contributed by atoms with Crippen LogP contribution in [0.5, 0.6) is 11.5 Å². The van der Waals surface area contributed by atoms with Crippen molar-refractivity contribution < 1.29 is 23.4 Å². The number of hydrogen-bond donors (Lipinski definition) is 1. The Morgan fingerprint density at radius 2 is 1.89 bits per heavy atom. The Bertz CT molecular complexity index is 626. The van der Waals surface area contributed by atoms with E-state index in [1.165, 1.54) is 14.2 Å². The van der Waals surface area contributed by atoms with E-state index in [9.17, 15) is 4.79 Å². The lowest BCUT2D eigenvalue weighted by atomic mass is 9.98. The Hall–Kier alpha value is -1.98. The molecule has 0 aliphatic heterocycles. The second-order valence-electron chi connectivity index (χ2n) is 7.77. The predicted octanol–water partition coefficient (Wildman–Crippen LogP) is 5.03. The summed E-state index contributed by atoms with van der Waals surface area (Å²) >= 11 is 0. The molecular weight excluding hydrogens is 349 g/mol. The third-order valence-corrected chi connectivity index (χ3v) is 4.11. The van der Waals surface area contributed by atoms with Crippen LogP contribution < -0.4 is 14.8 Å². The molecule has 1 unspecified atom stereocenters. The predicted molar refractivity (Wildman–Crippen MR) is 105 cm³/mol. The number of alkyl carbamates (subject to hydrolysis) is 1. The molecule has 0 bridgehead atoms. The Kier molecular flexibility index (Phi) is 8.86. The highest BCUT2D eigenvalue weighted by Crippen LogP contribution is 2.35. The second kappa shape index (κ2) is 10.4. The summed E-state index contributed by atoms with van der Waals surface area (Å²) in [7, 11) is 2.99. The lowest BCUT2D eigenvalue weighted by Gasteiger charge is -2.23. The molecule has 154 valence electrons. The Morgan fingerprint density at radius 1 is 1.22 bits per heavy atom. The normalized spacial score (nSPS) is 12.4. The molecule has 1 aromatic carbocycles. The molecule has 5 nitrogen and oxygen atoms in total. The number of carbonyl (C=O) groups excluding carboxylic acids is 1. The van der Waals surface area contributed by atoms with E-state index in [1.807, 2.05) is 6.07 Å². The number of rotatable bonds is 9. The number of benzene rings is 1. The number of amides is 1. The van der Waals surface area contributed by atoms with E-state index in [4.69, 9.17) is 14.2 Å². The van der Waals surface area contributed by atoms with E-state index in [2.05, 4.69) is 12.2 Å². The Balaban J connectivity index is 3.00. The average Bonchev–Trinajstić information content (AvgIpc) is 2.55. The minimum Gasteiger partial charge on any atom is -0.496 e. The van der Waals surface area contributed by atoms with Crippen molar-refractivity contribution in [2.24, 2.45) is 0 Å². The van der Waals surface area contributed by atoms with Crippen LogP contribution in [0.3, 0.4) is 0 Å². The SMILES string of the molecule is CCCCCc1cc(OC)c(CC(C)NC(=O)OC(C)(C)C)c(F)c1OC. The third kappa shape index (κ3) is 7.27. The molecule has 0 saturated heterocycles. The number of nitrogens with one attached hydrogen (secondary N) is 1. The van der Waals surface area contributed by atoms with Gasteiger partial charge in [0, 0.05) is 17.2 Å². The van der Waals surface area contributed by atoms with Gasteiger partial charge in [0.15, 0.2) is 11.6 Å². The number of carbonyl (C=O) groups is 1. The van der Waals surface area contributed by atoms with E-state index < -0.39 is 17.5 Å². The van der Waals surface area contributed by atoms with Gasteiger partial charge in [0.1, 0.15) is 11.4 Å². The first-order chi connectivity index (χ1) is 12.6. The molecule has 0 saturated carbocycles. The number of methoxy groups -OCH3 is 2. The monoisotopic (exact) mass is 383 g/mol. The van der Waals surface area contributed by atoms with Gasteiger partial charge in [-0.3, -0.25) is 0 Å². The molecule has 0 spiro atoms. The summed E-state index contributed by atoms with van der Waals surface area (Å²) in [6, 6.07) is 1.51. The highest BCUT2D eigenvalue weighted by molar-refractivity contribution is 5.68.